The van der Waals surface area contributed by atoms with Gasteiger partial charge in [-0.1, -0.05) is 47.3 Å². The second kappa shape index (κ2) is 7.96. The van der Waals surface area contributed by atoms with Crippen LogP contribution in [0.3, 0.4) is 0 Å². The summed E-state index contributed by atoms with van der Waals surface area (Å²) in [5, 5.41) is 12.8. The molecule has 0 unspecified atom stereocenters. The molecule has 0 aliphatic carbocycles. The number of benzene rings is 2. The minimum Gasteiger partial charge on any atom is -0.454 e. The monoisotopic (exact) mass is 408 g/mol. The highest BCUT2D eigenvalue weighted by Crippen LogP contribution is 2.36. The number of fused-ring (bicyclic) bond motifs is 1. The van der Waals surface area contributed by atoms with Crippen molar-refractivity contribution in [1.29, 1.82) is 0 Å². The van der Waals surface area contributed by atoms with E-state index in [1.54, 1.807) is 0 Å². The van der Waals surface area contributed by atoms with Crippen molar-refractivity contribution in [3.8, 4) is 34.3 Å². The Morgan fingerprint density at radius 3 is 2.76 bits per heavy atom. The lowest BCUT2D eigenvalue weighted by atomic mass is 10.2. The molecular formula is C20H16N4O4S. The highest BCUT2D eigenvalue weighted by molar-refractivity contribution is 7.99. The van der Waals surface area contributed by atoms with Crippen molar-refractivity contribution in [2.75, 3.05) is 12.5 Å². The van der Waals surface area contributed by atoms with Crippen LogP contribution in [0.2, 0.25) is 0 Å². The van der Waals surface area contributed by atoms with Crippen LogP contribution in [0.25, 0.3) is 22.8 Å². The fourth-order valence-corrected chi connectivity index (χ4v) is 3.56. The van der Waals surface area contributed by atoms with Gasteiger partial charge >= 0.3 is 0 Å². The van der Waals surface area contributed by atoms with E-state index in [2.05, 4.69) is 20.3 Å². The fourth-order valence-electron chi connectivity index (χ4n) is 2.86. The van der Waals surface area contributed by atoms with Gasteiger partial charge in [0.2, 0.25) is 24.4 Å². The van der Waals surface area contributed by atoms with Crippen molar-refractivity contribution in [1.82, 2.24) is 20.3 Å². The molecule has 0 atom stereocenters. The van der Waals surface area contributed by atoms with E-state index >= 15 is 0 Å². The van der Waals surface area contributed by atoms with Crippen LogP contribution >= 0.6 is 11.8 Å². The van der Waals surface area contributed by atoms with Crippen LogP contribution in [0.4, 0.5) is 0 Å². The quantitative estimate of drug-likeness (QED) is 0.328. The van der Waals surface area contributed by atoms with Crippen LogP contribution < -0.4 is 9.47 Å². The zero-order valence-corrected chi connectivity index (χ0v) is 16.1. The number of aromatic nitrogens is 4. The van der Waals surface area contributed by atoms with Crippen molar-refractivity contribution in [2.24, 2.45) is 0 Å². The number of hydrogen-bond acceptors (Lipinski definition) is 9. The molecule has 0 fully saturated rings. The predicted octanol–water partition coefficient (Wildman–Crippen LogP) is 4.24. The lowest BCUT2D eigenvalue weighted by molar-refractivity contribution is 0.174. The number of ether oxygens (including phenoxy) is 2. The summed E-state index contributed by atoms with van der Waals surface area (Å²) < 4.78 is 21.8. The van der Waals surface area contributed by atoms with Crippen LogP contribution in [0.15, 0.2) is 62.7 Å². The molecule has 0 bridgehead atoms. The first kappa shape index (κ1) is 17.7. The van der Waals surface area contributed by atoms with Crippen molar-refractivity contribution >= 4 is 11.8 Å². The van der Waals surface area contributed by atoms with Gasteiger partial charge in [-0.2, -0.15) is 4.98 Å². The van der Waals surface area contributed by atoms with E-state index in [1.165, 1.54) is 11.8 Å². The normalized spacial score (nSPS) is 12.4. The van der Waals surface area contributed by atoms with Crippen LogP contribution in [-0.2, 0) is 6.42 Å². The Morgan fingerprint density at radius 2 is 1.83 bits per heavy atom. The lowest BCUT2D eigenvalue weighted by Gasteiger charge is -1.98. The second-order valence-corrected chi connectivity index (χ2v) is 7.32. The summed E-state index contributed by atoms with van der Waals surface area (Å²) in [5.74, 6) is 3.89. The third kappa shape index (κ3) is 3.95. The van der Waals surface area contributed by atoms with Crippen LogP contribution in [0, 0.1) is 0 Å². The van der Waals surface area contributed by atoms with Gasteiger partial charge in [0.15, 0.2) is 11.5 Å². The average molecular weight is 408 g/mol. The lowest BCUT2D eigenvalue weighted by Crippen LogP contribution is -1.92. The van der Waals surface area contributed by atoms with Crippen molar-refractivity contribution in [3.63, 3.8) is 0 Å². The fraction of sp³-hybridized carbons (Fsp3) is 0.200. The van der Waals surface area contributed by atoms with Gasteiger partial charge in [-0.05, 0) is 24.6 Å². The molecule has 0 spiro atoms. The van der Waals surface area contributed by atoms with Gasteiger partial charge in [-0.25, -0.2) is 0 Å². The Morgan fingerprint density at radius 1 is 0.931 bits per heavy atom. The Labute approximate surface area is 170 Å². The molecule has 9 heteroatoms. The molecule has 146 valence electrons. The zero-order chi connectivity index (χ0) is 19.5. The average Bonchev–Trinajstić information content (AvgIpc) is 3.52. The Balaban J connectivity index is 1.14. The SMILES string of the molecule is c1ccc(-c2noc(CCCSc3nnc(-c4ccc5c(c4)OCO5)o3)n2)cc1. The van der Waals surface area contributed by atoms with E-state index in [1.807, 2.05) is 48.5 Å². The molecule has 3 heterocycles. The van der Waals surface area contributed by atoms with Crippen LogP contribution in [-0.4, -0.2) is 32.9 Å². The van der Waals surface area contributed by atoms with E-state index in [0.717, 1.165) is 29.1 Å². The molecule has 2 aromatic carbocycles. The molecule has 5 rings (SSSR count). The summed E-state index contributed by atoms with van der Waals surface area (Å²) in [6.45, 7) is 0.233. The molecule has 29 heavy (non-hydrogen) atoms. The Bertz CT molecular complexity index is 1110. The smallest absolute Gasteiger partial charge is 0.276 e. The van der Waals surface area contributed by atoms with Crippen molar-refractivity contribution in [2.45, 2.75) is 18.1 Å². The molecule has 0 radical (unpaired) electrons. The largest absolute Gasteiger partial charge is 0.454 e. The summed E-state index contributed by atoms with van der Waals surface area (Å²) in [5.41, 5.74) is 1.74. The third-order valence-electron chi connectivity index (χ3n) is 4.29. The van der Waals surface area contributed by atoms with Gasteiger partial charge in [0.05, 0.1) is 0 Å². The summed E-state index contributed by atoms with van der Waals surface area (Å²) in [6.07, 6.45) is 1.54. The first-order chi connectivity index (χ1) is 14.3. The second-order valence-electron chi connectivity index (χ2n) is 6.27. The molecule has 8 nitrogen and oxygen atoms in total. The maximum atomic E-state index is 5.74. The van der Waals surface area contributed by atoms with E-state index in [4.69, 9.17) is 18.4 Å². The van der Waals surface area contributed by atoms with Gasteiger partial charge < -0.3 is 18.4 Å². The number of thioether (sulfide) groups is 1. The standard InChI is InChI=1S/C20H16N4O4S/c1-2-5-13(6-3-1)18-21-17(28-24-18)7-4-10-29-20-23-22-19(27-20)14-8-9-15-16(11-14)26-12-25-15/h1-3,5-6,8-9,11H,4,7,10,12H2. The molecule has 0 N–H and O–H groups in total. The van der Waals surface area contributed by atoms with Crippen LogP contribution in [0.5, 0.6) is 11.5 Å². The molecule has 0 amide bonds. The molecular weight excluding hydrogens is 392 g/mol. The highest BCUT2D eigenvalue weighted by atomic mass is 32.2. The first-order valence-electron chi connectivity index (χ1n) is 9.09. The number of hydrogen-bond donors (Lipinski definition) is 0. The van der Waals surface area contributed by atoms with Gasteiger partial charge in [0.1, 0.15) is 0 Å². The first-order valence-corrected chi connectivity index (χ1v) is 10.1. The van der Waals surface area contributed by atoms with Crippen molar-refractivity contribution < 1.29 is 18.4 Å². The summed E-state index contributed by atoms with van der Waals surface area (Å²) in [4.78, 5) is 4.44. The summed E-state index contributed by atoms with van der Waals surface area (Å²) in [7, 11) is 0. The van der Waals surface area contributed by atoms with Crippen LogP contribution in [0.1, 0.15) is 12.3 Å². The highest BCUT2D eigenvalue weighted by Gasteiger charge is 2.17. The van der Waals surface area contributed by atoms with E-state index in [-0.39, 0.29) is 6.79 Å². The molecule has 2 aromatic heterocycles. The number of aryl methyl sites for hydroxylation is 1. The van der Waals surface area contributed by atoms with Gasteiger partial charge in [-0.15, -0.1) is 10.2 Å². The van der Waals surface area contributed by atoms with Gasteiger partial charge in [0, 0.05) is 23.3 Å². The summed E-state index contributed by atoms with van der Waals surface area (Å²) >= 11 is 1.50. The van der Waals surface area contributed by atoms with Gasteiger partial charge in [0.25, 0.3) is 5.22 Å². The summed E-state index contributed by atoms with van der Waals surface area (Å²) in [6, 6.07) is 15.3. The minimum absolute atomic E-state index is 0.233. The minimum atomic E-state index is 0.233. The number of rotatable bonds is 7. The molecule has 4 aromatic rings. The number of nitrogens with zero attached hydrogens (tertiary/aromatic N) is 4. The predicted molar refractivity (Wildman–Crippen MR) is 105 cm³/mol. The van der Waals surface area contributed by atoms with E-state index in [0.29, 0.717) is 35.0 Å². The topological polar surface area (TPSA) is 96.3 Å². The molecule has 1 aliphatic heterocycles. The maximum Gasteiger partial charge on any atom is 0.276 e. The Hall–Kier alpha value is -3.33. The van der Waals surface area contributed by atoms with E-state index in [9.17, 15) is 0 Å². The van der Waals surface area contributed by atoms with Gasteiger partial charge in [-0.3, -0.25) is 0 Å². The molecule has 0 saturated carbocycles. The molecule has 1 aliphatic rings. The van der Waals surface area contributed by atoms with E-state index < -0.39 is 0 Å². The molecule has 0 saturated heterocycles. The zero-order valence-electron chi connectivity index (χ0n) is 15.3. The third-order valence-corrected chi connectivity index (χ3v) is 5.19. The Kier molecular flexibility index (Phi) is 4.87. The van der Waals surface area contributed by atoms with Crippen molar-refractivity contribution in [3.05, 3.63) is 54.4 Å². The maximum absolute atomic E-state index is 5.74.